The Balaban J connectivity index is 1.26. The van der Waals surface area contributed by atoms with Crippen molar-refractivity contribution in [1.29, 1.82) is 5.26 Å². The molecule has 2 fully saturated rings. The van der Waals surface area contributed by atoms with Gasteiger partial charge in [-0.1, -0.05) is 12.1 Å². The Morgan fingerprint density at radius 2 is 1.90 bits per heavy atom. The van der Waals surface area contributed by atoms with Crippen molar-refractivity contribution in [3.05, 3.63) is 70.9 Å². The molecule has 3 aromatic rings. The lowest BCUT2D eigenvalue weighted by molar-refractivity contribution is -0.141. The largest absolute Gasteiger partial charge is 0.433 e. The van der Waals surface area contributed by atoms with Crippen molar-refractivity contribution in [1.82, 2.24) is 24.6 Å². The number of hydrogen-bond donors (Lipinski definition) is 0. The molecule has 1 saturated heterocycles. The van der Waals surface area contributed by atoms with Gasteiger partial charge in [-0.2, -0.15) is 23.5 Å². The van der Waals surface area contributed by atoms with E-state index >= 15 is 0 Å². The number of ketones is 1. The molecule has 3 aromatic heterocycles. The van der Waals surface area contributed by atoms with E-state index in [9.17, 15) is 23.2 Å². The van der Waals surface area contributed by atoms with Crippen LogP contribution in [0.2, 0.25) is 0 Å². The molecule has 0 atom stereocenters. The molecule has 0 radical (unpaired) electrons. The number of carbonyl (C=O) groups is 1. The molecule has 0 spiro atoms. The summed E-state index contributed by atoms with van der Waals surface area (Å²) in [6.45, 7) is 4.99. The second-order valence-corrected chi connectivity index (χ2v) is 10.2. The van der Waals surface area contributed by atoms with Gasteiger partial charge in [-0.05, 0) is 56.4 Å². The predicted molar refractivity (Wildman–Crippen MR) is 135 cm³/mol. The summed E-state index contributed by atoms with van der Waals surface area (Å²) in [5, 5.41) is 14.2. The molecule has 11 heteroatoms. The second-order valence-electron chi connectivity index (χ2n) is 10.2. The molecule has 0 aromatic carbocycles. The van der Waals surface area contributed by atoms with Crippen molar-refractivity contribution >= 4 is 5.78 Å². The van der Waals surface area contributed by atoms with Crippen LogP contribution in [-0.2, 0) is 22.7 Å². The second kappa shape index (κ2) is 10.9. The molecule has 204 valence electrons. The molecule has 1 aliphatic carbocycles. The molecule has 39 heavy (non-hydrogen) atoms. The van der Waals surface area contributed by atoms with Crippen LogP contribution in [0.4, 0.5) is 13.2 Å². The van der Waals surface area contributed by atoms with Crippen LogP contribution in [0.5, 0.6) is 0 Å². The van der Waals surface area contributed by atoms with Gasteiger partial charge in [-0.3, -0.25) is 14.7 Å². The smallest absolute Gasteiger partial charge is 0.379 e. The first-order valence-corrected chi connectivity index (χ1v) is 13.0. The van der Waals surface area contributed by atoms with Crippen LogP contribution in [0, 0.1) is 18.3 Å². The number of rotatable bonds is 6. The first-order valence-electron chi connectivity index (χ1n) is 13.0. The Labute approximate surface area is 224 Å². The molecule has 0 bridgehead atoms. The van der Waals surface area contributed by atoms with Crippen LogP contribution >= 0.6 is 0 Å². The average molecular weight is 539 g/mol. The van der Waals surface area contributed by atoms with E-state index in [1.807, 2.05) is 12.1 Å². The molecule has 2 aliphatic rings. The summed E-state index contributed by atoms with van der Waals surface area (Å²) in [6.07, 6.45) is 1.78. The van der Waals surface area contributed by atoms with Gasteiger partial charge in [0.2, 0.25) is 0 Å². The van der Waals surface area contributed by atoms with E-state index in [0.29, 0.717) is 22.9 Å². The number of carbonyl (C=O) groups excluding carboxylic acids is 1. The third-order valence-corrected chi connectivity index (χ3v) is 7.82. The number of morpholine rings is 1. The van der Waals surface area contributed by atoms with Gasteiger partial charge in [0.1, 0.15) is 5.69 Å². The lowest BCUT2D eigenvalue weighted by Crippen LogP contribution is -2.47. The third-order valence-electron chi connectivity index (χ3n) is 7.82. The molecule has 0 amide bonds. The Kier molecular flexibility index (Phi) is 7.51. The van der Waals surface area contributed by atoms with Crippen LogP contribution in [-0.4, -0.2) is 62.8 Å². The van der Waals surface area contributed by atoms with E-state index in [4.69, 9.17) is 4.74 Å². The molecule has 1 saturated carbocycles. The van der Waals surface area contributed by atoms with Crippen molar-refractivity contribution in [3.8, 4) is 11.9 Å². The molecule has 5 rings (SSSR count). The van der Waals surface area contributed by atoms with Crippen molar-refractivity contribution in [2.24, 2.45) is 0 Å². The molecule has 4 heterocycles. The van der Waals surface area contributed by atoms with Gasteiger partial charge in [0, 0.05) is 31.7 Å². The summed E-state index contributed by atoms with van der Waals surface area (Å²) in [5.41, 5.74) is 0.439. The molecular formula is C28H29F3N6O2. The fourth-order valence-corrected chi connectivity index (χ4v) is 5.53. The minimum absolute atomic E-state index is 0.0162. The zero-order valence-electron chi connectivity index (χ0n) is 21.6. The fraction of sp³-hybridized carbons (Fsp3) is 0.464. The normalized spacial score (nSPS) is 22.4. The lowest BCUT2D eigenvalue weighted by atomic mass is 9.71. The van der Waals surface area contributed by atoms with Gasteiger partial charge in [0.25, 0.3) is 0 Å². The van der Waals surface area contributed by atoms with Crippen molar-refractivity contribution in [3.63, 3.8) is 0 Å². The van der Waals surface area contributed by atoms with Crippen LogP contribution in [0.15, 0.2) is 42.7 Å². The zero-order chi connectivity index (χ0) is 27.6. The van der Waals surface area contributed by atoms with Crippen LogP contribution in [0.1, 0.15) is 58.7 Å². The van der Waals surface area contributed by atoms with Gasteiger partial charge in [0.15, 0.2) is 11.6 Å². The summed E-state index contributed by atoms with van der Waals surface area (Å²) < 4.78 is 45.9. The Morgan fingerprint density at radius 1 is 1.15 bits per heavy atom. The van der Waals surface area contributed by atoms with Gasteiger partial charge < -0.3 is 4.74 Å². The number of nitrogens with zero attached hydrogens (tertiary/aromatic N) is 6. The summed E-state index contributed by atoms with van der Waals surface area (Å²) in [6, 6.07) is 10.2. The highest BCUT2D eigenvalue weighted by Gasteiger charge is 2.40. The van der Waals surface area contributed by atoms with Gasteiger partial charge >= 0.3 is 6.18 Å². The summed E-state index contributed by atoms with van der Waals surface area (Å²) in [7, 11) is 0. The fourth-order valence-electron chi connectivity index (χ4n) is 5.53. The molecular weight excluding hydrogens is 509 g/mol. The number of Topliss-reactive ketones (excluding diaryl/α,β-unsaturated/α-hetero) is 1. The standard InChI is InChI=1S/C28H29F3N6O2/c1-19-22(17-34-37(19)26-4-2-3-25(35-26)28(29,30)31)23(38)15-20-5-6-24(33-16-20)27(18-32)9-7-21(8-10-27)36-11-13-39-14-12-36/h2-6,16-17,21H,7-15H2,1H3. The van der Waals surface area contributed by atoms with Crippen LogP contribution < -0.4 is 0 Å². The van der Waals surface area contributed by atoms with Crippen molar-refractivity contribution < 1.29 is 22.7 Å². The molecule has 8 nitrogen and oxygen atoms in total. The maximum Gasteiger partial charge on any atom is 0.433 e. The first kappa shape index (κ1) is 27.0. The number of pyridine rings is 2. The van der Waals surface area contributed by atoms with Crippen molar-refractivity contribution in [2.45, 2.75) is 56.7 Å². The minimum atomic E-state index is -4.58. The number of hydrogen-bond acceptors (Lipinski definition) is 7. The van der Waals surface area contributed by atoms with E-state index in [-0.39, 0.29) is 18.0 Å². The Morgan fingerprint density at radius 3 is 2.54 bits per heavy atom. The van der Waals surface area contributed by atoms with E-state index in [0.717, 1.165) is 63.7 Å². The van der Waals surface area contributed by atoms with E-state index < -0.39 is 17.3 Å². The van der Waals surface area contributed by atoms with Gasteiger partial charge in [0.05, 0.1) is 47.8 Å². The molecule has 0 N–H and O–H groups in total. The quantitative estimate of drug-likeness (QED) is 0.428. The topological polar surface area (TPSA) is 96.9 Å². The monoisotopic (exact) mass is 538 g/mol. The number of aromatic nitrogens is 4. The third kappa shape index (κ3) is 5.58. The highest BCUT2D eigenvalue weighted by Crippen LogP contribution is 2.39. The number of ether oxygens (including phenoxy) is 1. The van der Waals surface area contributed by atoms with Gasteiger partial charge in [-0.15, -0.1) is 0 Å². The Bertz CT molecular complexity index is 1370. The minimum Gasteiger partial charge on any atom is -0.379 e. The lowest BCUT2D eigenvalue weighted by Gasteiger charge is -2.41. The maximum absolute atomic E-state index is 13.1. The number of halogens is 3. The van der Waals surface area contributed by atoms with Crippen LogP contribution in [0.25, 0.3) is 5.82 Å². The van der Waals surface area contributed by atoms with Crippen molar-refractivity contribution in [2.75, 3.05) is 26.3 Å². The zero-order valence-corrected chi connectivity index (χ0v) is 21.6. The van der Waals surface area contributed by atoms with Crippen LogP contribution in [0.3, 0.4) is 0 Å². The highest BCUT2D eigenvalue weighted by molar-refractivity contribution is 5.98. The van der Waals surface area contributed by atoms with E-state index in [1.54, 1.807) is 13.1 Å². The van der Waals surface area contributed by atoms with E-state index in [1.165, 1.54) is 23.0 Å². The average Bonchev–Trinajstić information content (AvgIpc) is 3.35. The van der Waals surface area contributed by atoms with Gasteiger partial charge in [-0.25, -0.2) is 9.67 Å². The first-order chi connectivity index (χ1) is 18.7. The SMILES string of the molecule is Cc1c(C(=O)Cc2ccc(C3(C#N)CCC(N4CCOCC4)CC3)nc2)cnn1-c1cccc(C(F)(F)F)n1. The Hall–Kier alpha value is -3.62. The highest BCUT2D eigenvalue weighted by atomic mass is 19.4. The summed E-state index contributed by atoms with van der Waals surface area (Å²) in [5.74, 6) is -0.251. The predicted octanol–water partition coefficient (Wildman–Crippen LogP) is 4.45. The molecule has 0 unspecified atom stereocenters. The maximum atomic E-state index is 13.1. The number of nitriles is 1. The summed E-state index contributed by atoms with van der Waals surface area (Å²) in [4.78, 5) is 23.8. The summed E-state index contributed by atoms with van der Waals surface area (Å²) >= 11 is 0. The van der Waals surface area contributed by atoms with E-state index in [2.05, 4.69) is 26.0 Å². The molecule has 1 aliphatic heterocycles. The number of alkyl halides is 3.